The van der Waals surface area contributed by atoms with Crippen molar-refractivity contribution in [3.8, 4) is 5.75 Å². The van der Waals surface area contributed by atoms with Crippen LogP contribution in [0.15, 0.2) is 27.5 Å². The van der Waals surface area contributed by atoms with Crippen LogP contribution in [0.5, 0.6) is 5.75 Å². The summed E-state index contributed by atoms with van der Waals surface area (Å²) in [5.74, 6) is 2.17. The van der Waals surface area contributed by atoms with Crippen molar-refractivity contribution in [1.29, 1.82) is 0 Å². The molecule has 0 aliphatic carbocycles. The monoisotopic (exact) mass is 338 g/mol. The number of halogens is 1. The fraction of sp³-hybridized carbons (Fsp3) is 0.462. The van der Waals surface area contributed by atoms with Gasteiger partial charge in [0.25, 0.3) is 0 Å². The van der Waals surface area contributed by atoms with E-state index >= 15 is 0 Å². The van der Waals surface area contributed by atoms with Crippen molar-refractivity contribution in [3.63, 3.8) is 0 Å². The van der Waals surface area contributed by atoms with E-state index in [1.807, 2.05) is 13.0 Å². The molecule has 1 unspecified atom stereocenters. The van der Waals surface area contributed by atoms with Crippen LogP contribution in [0.25, 0.3) is 0 Å². The largest absolute Gasteiger partial charge is 0.488 e. The van der Waals surface area contributed by atoms with E-state index in [1.54, 1.807) is 12.4 Å². The van der Waals surface area contributed by atoms with Crippen LogP contribution in [0.1, 0.15) is 18.1 Å². The molecule has 0 amide bonds. The van der Waals surface area contributed by atoms with Gasteiger partial charge < -0.3 is 9.26 Å². The van der Waals surface area contributed by atoms with Gasteiger partial charge in [0.1, 0.15) is 11.9 Å². The molecule has 1 atom stereocenters. The Morgan fingerprint density at radius 2 is 2.45 bits per heavy atom. The SMILES string of the molecule is Cc1noc(CN2CCC(Oc3ccncc3Br)C2)n1. The predicted octanol–water partition coefficient (Wildman–Crippen LogP) is 2.19. The maximum absolute atomic E-state index is 5.98. The highest BCUT2D eigenvalue weighted by Crippen LogP contribution is 2.26. The van der Waals surface area contributed by atoms with E-state index in [4.69, 9.17) is 9.26 Å². The Morgan fingerprint density at radius 1 is 1.55 bits per heavy atom. The normalized spacial score (nSPS) is 19.4. The van der Waals surface area contributed by atoms with Crippen LogP contribution >= 0.6 is 15.9 Å². The number of likely N-dealkylation sites (tertiary alicyclic amines) is 1. The molecular formula is C13H15BrN4O2. The number of hydrogen-bond donors (Lipinski definition) is 0. The second-order valence-electron chi connectivity index (χ2n) is 4.81. The first-order valence-electron chi connectivity index (χ1n) is 6.48. The third kappa shape index (κ3) is 3.16. The molecule has 0 radical (unpaired) electrons. The summed E-state index contributed by atoms with van der Waals surface area (Å²) < 4.78 is 12.0. The fourth-order valence-corrected chi connectivity index (χ4v) is 2.61. The number of nitrogens with zero attached hydrogens (tertiary/aromatic N) is 4. The van der Waals surface area contributed by atoms with Gasteiger partial charge in [0, 0.05) is 25.5 Å². The van der Waals surface area contributed by atoms with Crippen LogP contribution in [-0.4, -0.2) is 39.2 Å². The van der Waals surface area contributed by atoms with E-state index in [9.17, 15) is 0 Å². The summed E-state index contributed by atoms with van der Waals surface area (Å²) >= 11 is 3.44. The second kappa shape index (κ2) is 5.88. The van der Waals surface area contributed by atoms with Gasteiger partial charge in [0.05, 0.1) is 11.0 Å². The van der Waals surface area contributed by atoms with Crippen molar-refractivity contribution < 1.29 is 9.26 Å². The van der Waals surface area contributed by atoms with Crippen molar-refractivity contribution >= 4 is 15.9 Å². The lowest BCUT2D eigenvalue weighted by Gasteiger charge is -2.15. The molecule has 0 N–H and O–H groups in total. The van der Waals surface area contributed by atoms with Crippen molar-refractivity contribution in [3.05, 3.63) is 34.6 Å². The van der Waals surface area contributed by atoms with Gasteiger partial charge >= 0.3 is 0 Å². The van der Waals surface area contributed by atoms with Gasteiger partial charge in [-0.15, -0.1) is 0 Å². The molecule has 0 aromatic carbocycles. The Balaban J connectivity index is 1.56. The molecule has 2 aromatic heterocycles. The number of aryl methyl sites for hydroxylation is 1. The van der Waals surface area contributed by atoms with E-state index < -0.39 is 0 Å². The van der Waals surface area contributed by atoms with Crippen LogP contribution in [0.4, 0.5) is 0 Å². The number of hydrogen-bond acceptors (Lipinski definition) is 6. The molecule has 0 saturated carbocycles. The molecule has 0 bridgehead atoms. The van der Waals surface area contributed by atoms with Crippen LogP contribution in [0, 0.1) is 6.92 Å². The van der Waals surface area contributed by atoms with E-state index in [-0.39, 0.29) is 6.10 Å². The Hall–Kier alpha value is -1.47. The molecule has 1 aliphatic rings. The molecule has 20 heavy (non-hydrogen) atoms. The highest BCUT2D eigenvalue weighted by molar-refractivity contribution is 9.10. The molecule has 106 valence electrons. The summed E-state index contributed by atoms with van der Waals surface area (Å²) in [7, 11) is 0. The van der Waals surface area contributed by atoms with Crippen LogP contribution < -0.4 is 4.74 Å². The topological polar surface area (TPSA) is 64.3 Å². The van der Waals surface area contributed by atoms with E-state index in [2.05, 4.69) is 36.0 Å². The van der Waals surface area contributed by atoms with Crippen molar-refractivity contribution in [1.82, 2.24) is 20.0 Å². The number of rotatable bonds is 4. The van der Waals surface area contributed by atoms with Crippen LogP contribution in [0.3, 0.4) is 0 Å². The van der Waals surface area contributed by atoms with Gasteiger partial charge in [-0.1, -0.05) is 5.16 Å². The van der Waals surface area contributed by atoms with Gasteiger partial charge in [0.15, 0.2) is 5.82 Å². The highest BCUT2D eigenvalue weighted by atomic mass is 79.9. The van der Waals surface area contributed by atoms with E-state index in [1.165, 1.54) is 0 Å². The molecule has 2 aromatic rings. The molecule has 1 aliphatic heterocycles. The lowest BCUT2D eigenvalue weighted by atomic mass is 10.3. The van der Waals surface area contributed by atoms with Gasteiger partial charge in [0.2, 0.25) is 5.89 Å². The zero-order valence-electron chi connectivity index (χ0n) is 11.1. The average Bonchev–Trinajstić information content (AvgIpc) is 3.02. The Labute approximate surface area is 125 Å². The van der Waals surface area contributed by atoms with Gasteiger partial charge in [-0.25, -0.2) is 0 Å². The number of pyridine rings is 1. The minimum atomic E-state index is 0.178. The zero-order valence-corrected chi connectivity index (χ0v) is 12.7. The summed E-state index contributed by atoms with van der Waals surface area (Å²) in [6.45, 7) is 4.33. The standard InChI is InChI=1S/C13H15BrN4O2/c1-9-16-13(20-17-9)8-18-5-3-10(7-18)19-12-2-4-15-6-11(12)14/h2,4,6,10H,3,5,7-8H2,1H3. The first-order chi connectivity index (χ1) is 9.70. The first kappa shape index (κ1) is 13.5. The lowest BCUT2D eigenvalue weighted by molar-refractivity contribution is 0.189. The summed E-state index contributed by atoms with van der Waals surface area (Å²) in [6, 6.07) is 1.87. The number of ether oxygens (including phenoxy) is 1. The van der Waals surface area contributed by atoms with Gasteiger partial charge in [-0.2, -0.15) is 4.98 Å². The molecule has 1 saturated heterocycles. The van der Waals surface area contributed by atoms with Crippen LogP contribution in [-0.2, 0) is 6.54 Å². The van der Waals surface area contributed by atoms with Crippen molar-refractivity contribution in [2.24, 2.45) is 0 Å². The maximum atomic E-state index is 5.98. The Morgan fingerprint density at radius 3 is 3.20 bits per heavy atom. The summed E-state index contributed by atoms with van der Waals surface area (Å²) in [5.41, 5.74) is 0. The Kier molecular flexibility index (Phi) is 3.98. The number of aromatic nitrogens is 3. The van der Waals surface area contributed by atoms with E-state index in [0.29, 0.717) is 18.3 Å². The Bertz CT molecular complexity index is 589. The lowest BCUT2D eigenvalue weighted by Crippen LogP contribution is -2.24. The maximum Gasteiger partial charge on any atom is 0.240 e. The third-order valence-electron chi connectivity index (χ3n) is 3.19. The smallest absolute Gasteiger partial charge is 0.240 e. The first-order valence-corrected chi connectivity index (χ1v) is 7.28. The molecule has 1 fully saturated rings. The molecule has 6 nitrogen and oxygen atoms in total. The predicted molar refractivity (Wildman–Crippen MR) is 75.3 cm³/mol. The molecule has 0 spiro atoms. The zero-order chi connectivity index (χ0) is 13.9. The average molecular weight is 339 g/mol. The summed E-state index contributed by atoms with van der Waals surface area (Å²) in [4.78, 5) is 10.5. The minimum absolute atomic E-state index is 0.178. The quantitative estimate of drug-likeness (QED) is 0.851. The highest BCUT2D eigenvalue weighted by Gasteiger charge is 2.25. The van der Waals surface area contributed by atoms with Crippen molar-refractivity contribution in [2.45, 2.75) is 26.0 Å². The molecule has 7 heteroatoms. The van der Waals surface area contributed by atoms with Gasteiger partial charge in [-0.05, 0) is 35.3 Å². The fourth-order valence-electron chi connectivity index (χ4n) is 2.27. The van der Waals surface area contributed by atoms with Crippen molar-refractivity contribution in [2.75, 3.05) is 13.1 Å². The third-order valence-corrected chi connectivity index (χ3v) is 3.78. The second-order valence-corrected chi connectivity index (χ2v) is 5.66. The van der Waals surface area contributed by atoms with E-state index in [0.717, 1.165) is 29.7 Å². The van der Waals surface area contributed by atoms with Gasteiger partial charge in [-0.3, -0.25) is 9.88 Å². The minimum Gasteiger partial charge on any atom is -0.488 e. The summed E-state index contributed by atoms with van der Waals surface area (Å²) in [5, 5.41) is 3.80. The molecule has 3 heterocycles. The molecule has 3 rings (SSSR count). The molecular weight excluding hydrogens is 324 g/mol. The summed E-state index contributed by atoms with van der Waals surface area (Å²) in [6.07, 6.45) is 4.64. The van der Waals surface area contributed by atoms with Crippen LogP contribution in [0.2, 0.25) is 0 Å².